The van der Waals surface area contributed by atoms with Gasteiger partial charge in [-0.25, -0.2) is 0 Å². The first-order valence-corrected chi connectivity index (χ1v) is 8.66. The van der Waals surface area contributed by atoms with Crippen molar-refractivity contribution in [2.75, 3.05) is 13.1 Å². The fraction of sp³-hybridized carbons (Fsp3) is 0.474. The van der Waals surface area contributed by atoms with Gasteiger partial charge in [0.2, 0.25) is 5.91 Å². The number of likely N-dealkylation sites (tertiary alicyclic amines) is 1. The molecule has 1 fully saturated rings. The monoisotopic (exact) mass is 326 g/mol. The van der Waals surface area contributed by atoms with Gasteiger partial charge in [0.05, 0.1) is 5.69 Å². The fourth-order valence-corrected chi connectivity index (χ4v) is 3.87. The first kappa shape index (κ1) is 15.4. The summed E-state index contributed by atoms with van der Waals surface area (Å²) in [6.07, 6.45) is 4.00. The number of aliphatic hydroxyl groups excluding tert-OH is 1. The van der Waals surface area contributed by atoms with Crippen LogP contribution < -0.4 is 0 Å². The second-order valence-electron chi connectivity index (χ2n) is 6.86. The Balaban J connectivity index is 1.35. The maximum absolute atomic E-state index is 12.6. The van der Waals surface area contributed by atoms with Crippen molar-refractivity contribution in [1.82, 2.24) is 10.1 Å². The summed E-state index contributed by atoms with van der Waals surface area (Å²) in [6.45, 7) is 1.26. The highest BCUT2D eigenvalue weighted by molar-refractivity contribution is 5.78. The molecule has 1 aromatic heterocycles. The van der Waals surface area contributed by atoms with E-state index >= 15 is 0 Å². The number of amides is 1. The molecule has 1 aromatic carbocycles. The predicted octanol–water partition coefficient (Wildman–Crippen LogP) is 2.60. The molecule has 1 aliphatic carbocycles. The van der Waals surface area contributed by atoms with Crippen LogP contribution in [0.4, 0.5) is 0 Å². The molecule has 0 radical (unpaired) electrons. The third-order valence-corrected chi connectivity index (χ3v) is 5.30. The van der Waals surface area contributed by atoms with Crippen LogP contribution in [0, 0.1) is 0 Å². The SMILES string of the molecule is O=C(CC1CCCc2ccccc21)N1CC(c2cc(CO)on2)C1. The molecule has 5 nitrogen and oxygen atoms in total. The number of carbonyl (C=O) groups excluding carboxylic acids is 1. The highest BCUT2D eigenvalue weighted by Crippen LogP contribution is 2.35. The minimum Gasteiger partial charge on any atom is -0.388 e. The largest absolute Gasteiger partial charge is 0.388 e. The van der Waals surface area contributed by atoms with Crippen LogP contribution in [0.25, 0.3) is 0 Å². The maximum atomic E-state index is 12.6. The van der Waals surface area contributed by atoms with Crippen LogP contribution in [0.2, 0.25) is 0 Å². The number of benzene rings is 1. The van der Waals surface area contributed by atoms with Crippen molar-refractivity contribution in [3.05, 3.63) is 52.9 Å². The number of fused-ring (bicyclic) bond motifs is 1. The Kier molecular flexibility index (Phi) is 4.10. The van der Waals surface area contributed by atoms with Gasteiger partial charge in [-0.3, -0.25) is 4.79 Å². The zero-order valence-corrected chi connectivity index (χ0v) is 13.6. The Labute approximate surface area is 141 Å². The van der Waals surface area contributed by atoms with E-state index in [1.165, 1.54) is 17.5 Å². The van der Waals surface area contributed by atoms with E-state index in [9.17, 15) is 4.79 Å². The van der Waals surface area contributed by atoms with E-state index in [0.717, 1.165) is 18.5 Å². The van der Waals surface area contributed by atoms with Gasteiger partial charge in [-0.2, -0.15) is 0 Å². The molecule has 2 aromatic rings. The number of nitrogens with zero attached hydrogens (tertiary/aromatic N) is 2. The second kappa shape index (κ2) is 6.40. The smallest absolute Gasteiger partial charge is 0.223 e. The summed E-state index contributed by atoms with van der Waals surface area (Å²) in [6, 6.07) is 10.3. The van der Waals surface area contributed by atoms with Crippen molar-refractivity contribution < 1.29 is 14.4 Å². The molecule has 1 aliphatic heterocycles. The lowest BCUT2D eigenvalue weighted by atomic mass is 9.80. The van der Waals surface area contributed by atoms with E-state index < -0.39 is 0 Å². The van der Waals surface area contributed by atoms with Gasteiger partial charge in [0, 0.05) is 31.5 Å². The van der Waals surface area contributed by atoms with Gasteiger partial charge in [0.1, 0.15) is 6.61 Å². The van der Waals surface area contributed by atoms with Gasteiger partial charge in [-0.1, -0.05) is 29.4 Å². The molecule has 2 heterocycles. The molecule has 2 aliphatic rings. The van der Waals surface area contributed by atoms with Crippen LogP contribution >= 0.6 is 0 Å². The Morgan fingerprint density at radius 2 is 2.17 bits per heavy atom. The highest BCUT2D eigenvalue weighted by atomic mass is 16.5. The zero-order valence-electron chi connectivity index (χ0n) is 13.6. The van der Waals surface area contributed by atoms with E-state index in [1.807, 2.05) is 4.90 Å². The molecule has 1 atom stereocenters. The molecule has 5 heteroatoms. The van der Waals surface area contributed by atoms with Crippen molar-refractivity contribution in [1.29, 1.82) is 0 Å². The first-order valence-electron chi connectivity index (χ1n) is 8.66. The fourth-order valence-electron chi connectivity index (χ4n) is 3.87. The Bertz CT molecular complexity index is 734. The van der Waals surface area contributed by atoms with E-state index in [2.05, 4.69) is 29.4 Å². The van der Waals surface area contributed by atoms with Gasteiger partial charge >= 0.3 is 0 Å². The summed E-state index contributed by atoms with van der Waals surface area (Å²) in [4.78, 5) is 14.5. The van der Waals surface area contributed by atoms with Crippen LogP contribution in [0.15, 0.2) is 34.9 Å². The molecule has 0 bridgehead atoms. The number of hydrogen-bond donors (Lipinski definition) is 1. The standard InChI is InChI=1S/C19H22N2O3/c22-12-16-9-18(20-24-16)15-10-21(11-15)19(23)8-14-6-3-5-13-4-1-2-7-17(13)14/h1-2,4,7,9,14-15,22H,3,5-6,8,10-12H2. The van der Waals surface area contributed by atoms with Crippen LogP contribution in [0.5, 0.6) is 0 Å². The lowest BCUT2D eigenvalue weighted by molar-refractivity contribution is -0.136. The summed E-state index contributed by atoms with van der Waals surface area (Å²) in [5.74, 6) is 1.30. The third kappa shape index (κ3) is 2.84. The van der Waals surface area contributed by atoms with Crippen LogP contribution in [-0.4, -0.2) is 34.2 Å². The molecule has 4 rings (SSSR count). The number of hydrogen-bond acceptors (Lipinski definition) is 4. The quantitative estimate of drug-likeness (QED) is 0.938. The van der Waals surface area contributed by atoms with Crippen LogP contribution in [0.1, 0.15) is 53.7 Å². The van der Waals surface area contributed by atoms with E-state index in [4.69, 9.17) is 9.63 Å². The zero-order chi connectivity index (χ0) is 16.5. The molecule has 126 valence electrons. The summed E-state index contributed by atoms with van der Waals surface area (Å²) in [7, 11) is 0. The lowest BCUT2D eigenvalue weighted by Gasteiger charge is -2.39. The minimum atomic E-state index is -0.135. The van der Waals surface area contributed by atoms with Crippen LogP contribution in [-0.2, 0) is 17.8 Å². The average Bonchev–Trinajstić information content (AvgIpc) is 3.02. The Morgan fingerprint density at radius 1 is 1.33 bits per heavy atom. The van der Waals surface area contributed by atoms with Gasteiger partial charge < -0.3 is 14.5 Å². The summed E-state index contributed by atoms with van der Waals surface area (Å²) >= 11 is 0. The van der Waals surface area contributed by atoms with E-state index in [-0.39, 0.29) is 18.4 Å². The molecule has 0 saturated carbocycles. The number of aliphatic hydroxyl groups is 1. The maximum Gasteiger partial charge on any atom is 0.223 e. The molecular weight excluding hydrogens is 304 g/mol. The summed E-state index contributed by atoms with van der Waals surface area (Å²) < 4.78 is 5.02. The number of aryl methyl sites for hydroxylation is 1. The molecule has 1 unspecified atom stereocenters. The number of carbonyl (C=O) groups is 1. The predicted molar refractivity (Wildman–Crippen MR) is 88.5 cm³/mol. The second-order valence-corrected chi connectivity index (χ2v) is 6.86. The van der Waals surface area contributed by atoms with E-state index in [1.54, 1.807) is 6.07 Å². The topological polar surface area (TPSA) is 66.6 Å². The number of rotatable bonds is 4. The normalized spacial score (nSPS) is 20.5. The van der Waals surface area contributed by atoms with Gasteiger partial charge in [-0.05, 0) is 36.3 Å². The van der Waals surface area contributed by atoms with Gasteiger partial charge in [0.15, 0.2) is 5.76 Å². The molecular formula is C19H22N2O3. The summed E-state index contributed by atoms with van der Waals surface area (Å²) in [5, 5.41) is 13.0. The Morgan fingerprint density at radius 3 is 2.96 bits per heavy atom. The van der Waals surface area contributed by atoms with Crippen molar-refractivity contribution in [2.45, 2.75) is 44.1 Å². The molecule has 0 spiro atoms. The minimum absolute atomic E-state index is 0.135. The highest BCUT2D eigenvalue weighted by Gasteiger charge is 2.35. The molecule has 1 saturated heterocycles. The van der Waals surface area contributed by atoms with Gasteiger partial charge in [-0.15, -0.1) is 0 Å². The Hall–Kier alpha value is -2.14. The first-order chi connectivity index (χ1) is 11.7. The van der Waals surface area contributed by atoms with Gasteiger partial charge in [0.25, 0.3) is 0 Å². The lowest BCUT2D eigenvalue weighted by Crippen LogP contribution is -2.49. The van der Waals surface area contributed by atoms with E-state index in [0.29, 0.717) is 31.2 Å². The van der Waals surface area contributed by atoms with Crippen LogP contribution in [0.3, 0.4) is 0 Å². The van der Waals surface area contributed by atoms with Crippen molar-refractivity contribution in [3.8, 4) is 0 Å². The van der Waals surface area contributed by atoms with Crippen molar-refractivity contribution in [3.63, 3.8) is 0 Å². The summed E-state index contributed by atoms with van der Waals surface area (Å²) in [5.41, 5.74) is 3.60. The third-order valence-electron chi connectivity index (χ3n) is 5.30. The number of aromatic nitrogens is 1. The average molecular weight is 326 g/mol. The van der Waals surface area contributed by atoms with Crippen molar-refractivity contribution >= 4 is 5.91 Å². The molecule has 1 N–H and O–H groups in total. The molecule has 1 amide bonds. The van der Waals surface area contributed by atoms with Crippen molar-refractivity contribution in [2.24, 2.45) is 0 Å². The molecule has 24 heavy (non-hydrogen) atoms.